The van der Waals surface area contributed by atoms with Crippen molar-refractivity contribution in [3.8, 4) is 6.07 Å². The predicted molar refractivity (Wildman–Crippen MR) is 45.2 cm³/mol. The molecule has 0 heterocycles. The molecule has 12 heavy (non-hydrogen) atoms. The van der Waals surface area contributed by atoms with Crippen LogP contribution in [0.2, 0.25) is 0 Å². The molecule has 1 aliphatic carbocycles. The van der Waals surface area contributed by atoms with Crippen LogP contribution in [0, 0.1) is 17.2 Å². The smallest absolute Gasteiger partial charge is 0.234 e. The van der Waals surface area contributed by atoms with Gasteiger partial charge < -0.3 is 5.32 Å². The van der Waals surface area contributed by atoms with Crippen molar-refractivity contribution in [3.05, 3.63) is 0 Å². The third-order valence-electron chi connectivity index (χ3n) is 2.30. The van der Waals surface area contributed by atoms with E-state index in [0.29, 0.717) is 5.92 Å². The van der Waals surface area contributed by atoms with Gasteiger partial charge in [-0.3, -0.25) is 4.79 Å². The van der Waals surface area contributed by atoms with E-state index in [9.17, 15) is 4.79 Å². The summed E-state index contributed by atoms with van der Waals surface area (Å²) in [4.78, 5) is 11.1. The van der Waals surface area contributed by atoms with Crippen LogP contribution in [0.25, 0.3) is 0 Å². The Kier molecular flexibility index (Phi) is 2.37. The molecule has 1 amide bonds. The van der Waals surface area contributed by atoms with Gasteiger partial charge in [0.15, 0.2) is 0 Å². The Labute approximate surface area is 72.8 Å². The van der Waals surface area contributed by atoms with Crippen LogP contribution >= 0.6 is 0 Å². The molecule has 66 valence electrons. The molecule has 3 heteroatoms. The highest BCUT2D eigenvalue weighted by Gasteiger charge is 2.38. The van der Waals surface area contributed by atoms with Gasteiger partial charge in [0.1, 0.15) is 6.42 Å². The Hall–Kier alpha value is -1.04. The second kappa shape index (κ2) is 3.14. The minimum atomic E-state index is -0.158. The van der Waals surface area contributed by atoms with Crippen LogP contribution in [0.5, 0.6) is 0 Å². The lowest BCUT2D eigenvalue weighted by atomic mass is 9.99. The average Bonchev–Trinajstić information content (AvgIpc) is 2.65. The van der Waals surface area contributed by atoms with Crippen molar-refractivity contribution < 1.29 is 4.79 Å². The summed E-state index contributed by atoms with van der Waals surface area (Å²) in [6.45, 7) is 4.03. The van der Waals surface area contributed by atoms with Gasteiger partial charge in [-0.15, -0.1) is 0 Å². The molecule has 1 fully saturated rings. The first-order valence-electron chi connectivity index (χ1n) is 4.24. The third kappa shape index (κ3) is 2.23. The molecular weight excluding hydrogens is 152 g/mol. The van der Waals surface area contributed by atoms with Crippen LogP contribution in [0.1, 0.15) is 33.1 Å². The highest BCUT2D eigenvalue weighted by atomic mass is 16.1. The topological polar surface area (TPSA) is 52.9 Å². The molecule has 0 aliphatic heterocycles. The van der Waals surface area contributed by atoms with E-state index in [-0.39, 0.29) is 17.9 Å². The summed E-state index contributed by atoms with van der Waals surface area (Å²) in [7, 11) is 0. The number of amides is 1. The van der Waals surface area contributed by atoms with Crippen LogP contribution in [0.4, 0.5) is 0 Å². The zero-order valence-electron chi connectivity index (χ0n) is 7.55. The number of hydrogen-bond acceptors (Lipinski definition) is 2. The fourth-order valence-electron chi connectivity index (χ4n) is 1.38. The van der Waals surface area contributed by atoms with Gasteiger partial charge in [0.2, 0.25) is 5.91 Å². The Morgan fingerprint density at radius 3 is 2.67 bits per heavy atom. The molecule has 1 aliphatic rings. The lowest BCUT2D eigenvalue weighted by Gasteiger charge is -2.25. The number of rotatable bonds is 3. The van der Waals surface area contributed by atoms with E-state index in [1.54, 1.807) is 0 Å². The molecule has 0 atom stereocenters. The van der Waals surface area contributed by atoms with Crippen molar-refractivity contribution in [1.82, 2.24) is 5.32 Å². The molecule has 0 radical (unpaired) electrons. The summed E-state index contributed by atoms with van der Waals surface area (Å²) < 4.78 is 0. The van der Waals surface area contributed by atoms with Crippen LogP contribution in [-0.4, -0.2) is 11.4 Å². The highest BCUT2D eigenvalue weighted by molar-refractivity contribution is 5.78. The average molecular weight is 166 g/mol. The van der Waals surface area contributed by atoms with E-state index in [0.717, 1.165) is 0 Å². The Morgan fingerprint density at radius 2 is 2.25 bits per heavy atom. The molecule has 0 bridgehead atoms. The number of nitrogens with zero attached hydrogens (tertiary/aromatic N) is 1. The number of carbonyl (C=O) groups is 1. The number of carbonyl (C=O) groups excluding carboxylic acids is 1. The molecule has 0 unspecified atom stereocenters. The van der Waals surface area contributed by atoms with Gasteiger partial charge in [-0.05, 0) is 32.6 Å². The maximum Gasteiger partial charge on any atom is 0.234 e. The van der Waals surface area contributed by atoms with Gasteiger partial charge in [0, 0.05) is 5.54 Å². The quantitative estimate of drug-likeness (QED) is 0.685. The Balaban J connectivity index is 2.38. The van der Waals surface area contributed by atoms with E-state index in [2.05, 4.69) is 5.32 Å². The van der Waals surface area contributed by atoms with Crippen molar-refractivity contribution in [1.29, 1.82) is 5.26 Å². The van der Waals surface area contributed by atoms with Crippen molar-refractivity contribution >= 4 is 5.91 Å². The first kappa shape index (κ1) is 9.05. The maximum atomic E-state index is 11.1. The minimum absolute atomic E-state index is 0.0316. The fourth-order valence-corrected chi connectivity index (χ4v) is 1.38. The summed E-state index contributed by atoms with van der Waals surface area (Å²) in [5.74, 6) is 0.453. The molecule has 3 nitrogen and oxygen atoms in total. The first-order chi connectivity index (χ1) is 5.56. The van der Waals surface area contributed by atoms with E-state index < -0.39 is 0 Å². The standard InChI is InChI=1S/C9H14N2O/c1-9(2,7-3-4-7)11-8(12)5-6-10/h7H,3-5H2,1-2H3,(H,11,12). The monoisotopic (exact) mass is 166 g/mol. The largest absolute Gasteiger partial charge is 0.350 e. The lowest BCUT2D eigenvalue weighted by molar-refractivity contribution is -0.121. The number of hydrogen-bond donors (Lipinski definition) is 1. The van der Waals surface area contributed by atoms with Crippen LogP contribution < -0.4 is 5.32 Å². The number of nitriles is 1. The van der Waals surface area contributed by atoms with Gasteiger partial charge in [-0.2, -0.15) is 5.26 Å². The first-order valence-corrected chi connectivity index (χ1v) is 4.24. The lowest BCUT2D eigenvalue weighted by Crippen LogP contribution is -2.44. The van der Waals surface area contributed by atoms with Crippen molar-refractivity contribution in [3.63, 3.8) is 0 Å². The van der Waals surface area contributed by atoms with Crippen LogP contribution in [-0.2, 0) is 4.79 Å². The second-order valence-corrected chi connectivity index (χ2v) is 3.88. The van der Waals surface area contributed by atoms with Gasteiger partial charge in [-0.1, -0.05) is 0 Å². The van der Waals surface area contributed by atoms with Gasteiger partial charge >= 0.3 is 0 Å². The highest BCUT2D eigenvalue weighted by Crippen LogP contribution is 2.39. The van der Waals surface area contributed by atoms with E-state index in [4.69, 9.17) is 5.26 Å². The predicted octanol–water partition coefficient (Wildman–Crippen LogP) is 1.20. The molecular formula is C9H14N2O. The third-order valence-corrected chi connectivity index (χ3v) is 2.30. The summed E-state index contributed by atoms with van der Waals surface area (Å²) in [5, 5.41) is 11.1. The molecule has 0 spiro atoms. The summed E-state index contributed by atoms with van der Waals surface area (Å²) in [6.07, 6.45) is 2.36. The molecule has 1 saturated carbocycles. The van der Waals surface area contributed by atoms with Gasteiger partial charge in [0.05, 0.1) is 6.07 Å². The molecule has 0 aromatic rings. The molecule has 1 N–H and O–H groups in total. The normalized spacial score (nSPS) is 16.8. The summed E-state index contributed by atoms with van der Waals surface area (Å²) in [6, 6.07) is 1.84. The maximum absolute atomic E-state index is 11.1. The van der Waals surface area contributed by atoms with Crippen LogP contribution in [0.15, 0.2) is 0 Å². The van der Waals surface area contributed by atoms with Gasteiger partial charge in [0.25, 0.3) is 0 Å². The minimum Gasteiger partial charge on any atom is -0.350 e. The van der Waals surface area contributed by atoms with Crippen molar-refractivity contribution in [2.75, 3.05) is 0 Å². The summed E-state index contributed by atoms with van der Waals surface area (Å²) >= 11 is 0. The zero-order valence-corrected chi connectivity index (χ0v) is 7.55. The van der Waals surface area contributed by atoms with Crippen molar-refractivity contribution in [2.45, 2.75) is 38.6 Å². The van der Waals surface area contributed by atoms with E-state index >= 15 is 0 Å². The second-order valence-electron chi connectivity index (χ2n) is 3.88. The Bertz CT molecular complexity index is 223. The fraction of sp³-hybridized carbons (Fsp3) is 0.778. The summed E-state index contributed by atoms with van der Waals surface area (Å²) in [5.41, 5.74) is -0.117. The van der Waals surface area contributed by atoms with Gasteiger partial charge in [-0.25, -0.2) is 0 Å². The molecule has 1 rings (SSSR count). The van der Waals surface area contributed by atoms with Crippen molar-refractivity contribution in [2.24, 2.45) is 5.92 Å². The molecule has 0 aromatic heterocycles. The molecule has 0 aromatic carbocycles. The molecule has 0 saturated heterocycles. The Morgan fingerprint density at radius 1 is 1.67 bits per heavy atom. The van der Waals surface area contributed by atoms with E-state index in [1.807, 2.05) is 19.9 Å². The zero-order chi connectivity index (χ0) is 9.19. The van der Waals surface area contributed by atoms with E-state index in [1.165, 1.54) is 12.8 Å². The number of nitrogens with one attached hydrogen (secondary N) is 1. The SMILES string of the molecule is CC(C)(NC(=O)CC#N)C1CC1. The van der Waals surface area contributed by atoms with Crippen LogP contribution in [0.3, 0.4) is 0 Å².